The summed E-state index contributed by atoms with van der Waals surface area (Å²) >= 11 is 0. The van der Waals surface area contributed by atoms with E-state index in [4.69, 9.17) is 4.52 Å². The predicted octanol–water partition coefficient (Wildman–Crippen LogP) is 2.46. The molecule has 20 heavy (non-hydrogen) atoms. The highest BCUT2D eigenvalue weighted by Crippen LogP contribution is 2.45. The van der Waals surface area contributed by atoms with Crippen molar-refractivity contribution in [3.05, 3.63) is 41.0 Å². The van der Waals surface area contributed by atoms with Crippen molar-refractivity contribution in [1.82, 2.24) is 15.5 Å². The second-order valence-electron chi connectivity index (χ2n) is 5.47. The van der Waals surface area contributed by atoms with Gasteiger partial charge in [0.2, 0.25) is 6.39 Å². The minimum Gasteiger partial charge on any atom is -0.508 e. The molecule has 0 spiro atoms. The fourth-order valence-corrected chi connectivity index (χ4v) is 3.19. The molecule has 2 unspecified atom stereocenters. The lowest BCUT2D eigenvalue weighted by molar-refractivity contribution is 0.407. The molecule has 2 N–H and O–H groups in total. The molecule has 2 aromatic rings. The molecule has 5 heteroatoms. The molecular weight excluding hydrogens is 254 g/mol. The molecule has 0 bridgehead atoms. The van der Waals surface area contributed by atoms with Crippen LogP contribution in [0.25, 0.3) is 0 Å². The lowest BCUT2D eigenvalue weighted by Gasteiger charge is -2.15. The zero-order valence-electron chi connectivity index (χ0n) is 11.8. The second-order valence-corrected chi connectivity index (χ2v) is 5.47. The summed E-state index contributed by atoms with van der Waals surface area (Å²) in [5.74, 6) is 1.57. The van der Waals surface area contributed by atoms with Gasteiger partial charge in [0, 0.05) is 24.6 Å². The first-order valence-electron chi connectivity index (χ1n) is 6.97. The summed E-state index contributed by atoms with van der Waals surface area (Å²) in [5.41, 5.74) is 3.61. The van der Waals surface area contributed by atoms with Gasteiger partial charge in [-0.25, -0.2) is 0 Å². The smallest absolute Gasteiger partial charge is 0.213 e. The highest BCUT2D eigenvalue weighted by Gasteiger charge is 2.31. The molecule has 0 saturated heterocycles. The maximum absolute atomic E-state index is 10.1. The number of hydrogen-bond acceptors (Lipinski definition) is 5. The van der Waals surface area contributed by atoms with E-state index in [1.54, 1.807) is 6.07 Å². The van der Waals surface area contributed by atoms with Crippen LogP contribution in [0.2, 0.25) is 0 Å². The first-order valence-corrected chi connectivity index (χ1v) is 6.97. The summed E-state index contributed by atoms with van der Waals surface area (Å²) in [6.45, 7) is 5.09. The van der Waals surface area contributed by atoms with Crippen LogP contribution in [0.4, 0.5) is 0 Å². The van der Waals surface area contributed by atoms with Crippen molar-refractivity contribution in [1.29, 1.82) is 0 Å². The SMILES string of the molecule is Cc1ccc(O)c2c1C(C)CC2NCCc1ncon1. The average Bonchev–Trinajstić information content (AvgIpc) is 3.03. The zero-order valence-corrected chi connectivity index (χ0v) is 11.8. The second kappa shape index (κ2) is 5.25. The Bertz CT molecular complexity index is 595. The first kappa shape index (κ1) is 13.1. The van der Waals surface area contributed by atoms with Crippen LogP contribution in [-0.4, -0.2) is 21.8 Å². The minimum atomic E-state index is 0.201. The van der Waals surface area contributed by atoms with Gasteiger partial charge < -0.3 is 14.9 Å². The maximum atomic E-state index is 10.1. The van der Waals surface area contributed by atoms with E-state index in [0.717, 1.165) is 24.9 Å². The fourth-order valence-electron chi connectivity index (χ4n) is 3.19. The molecule has 106 valence electrons. The third-order valence-corrected chi connectivity index (χ3v) is 4.06. The molecular formula is C15H19N3O2. The topological polar surface area (TPSA) is 71.2 Å². The summed E-state index contributed by atoms with van der Waals surface area (Å²) in [6.07, 6.45) is 3.08. The Labute approximate surface area is 118 Å². The normalized spacial score (nSPS) is 21.1. The molecule has 1 heterocycles. The van der Waals surface area contributed by atoms with Gasteiger partial charge in [-0.05, 0) is 36.5 Å². The Morgan fingerprint density at radius 3 is 3.00 bits per heavy atom. The molecule has 0 amide bonds. The number of phenols is 1. The van der Waals surface area contributed by atoms with Crippen molar-refractivity contribution in [3.8, 4) is 5.75 Å². The quantitative estimate of drug-likeness (QED) is 0.895. The van der Waals surface area contributed by atoms with Gasteiger partial charge in [0.05, 0.1) is 0 Å². The number of aromatic nitrogens is 2. The van der Waals surface area contributed by atoms with Gasteiger partial charge in [-0.3, -0.25) is 0 Å². The Balaban J connectivity index is 1.73. The lowest BCUT2D eigenvalue weighted by Crippen LogP contribution is -2.22. The van der Waals surface area contributed by atoms with E-state index in [1.807, 2.05) is 6.07 Å². The van der Waals surface area contributed by atoms with E-state index < -0.39 is 0 Å². The highest BCUT2D eigenvalue weighted by atomic mass is 16.5. The van der Waals surface area contributed by atoms with Crippen LogP contribution in [0.1, 0.15) is 47.8 Å². The number of nitrogens with one attached hydrogen (secondary N) is 1. The first-order chi connectivity index (χ1) is 9.66. The van der Waals surface area contributed by atoms with E-state index in [-0.39, 0.29) is 6.04 Å². The summed E-state index contributed by atoms with van der Waals surface area (Å²) < 4.78 is 4.72. The van der Waals surface area contributed by atoms with Crippen molar-refractivity contribution < 1.29 is 9.63 Å². The third-order valence-electron chi connectivity index (χ3n) is 4.06. The zero-order chi connectivity index (χ0) is 14.1. The van der Waals surface area contributed by atoms with Crippen molar-refractivity contribution in [2.75, 3.05) is 6.54 Å². The molecule has 0 fully saturated rings. The summed E-state index contributed by atoms with van der Waals surface area (Å²) in [5, 5.41) is 17.4. The number of rotatable bonds is 4. The summed E-state index contributed by atoms with van der Waals surface area (Å²) in [4.78, 5) is 4.00. The molecule has 1 aliphatic carbocycles. The summed E-state index contributed by atoms with van der Waals surface area (Å²) in [6, 6.07) is 3.98. The van der Waals surface area contributed by atoms with Gasteiger partial charge in [-0.2, -0.15) is 4.98 Å². The van der Waals surface area contributed by atoms with Crippen LogP contribution in [-0.2, 0) is 6.42 Å². The van der Waals surface area contributed by atoms with Crippen LogP contribution < -0.4 is 5.32 Å². The van der Waals surface area contributed by atoms with Crippen molar-refractivity contribution in [3.63, 3.8) is 0 Å². The molecule has 0 saturated carbocycles. The van der Waals surface area contributed by atoms with Gasteiger partial charge >= 0.3 is 0 Å². The summed E-state index contributed by atoms with van der Waals surface area (Å²) in [7, 11) is 0. The number of benzene rings is 1. The molecule has 3 rings (SSSR count). The lowest BCUT2D eigenvalue weighted by atomic mass is 9.97. The number of hydrogen-bond donors (Lipinski definition) is 2. The van der Waals surface area contributed by atoms with E-state index in [0.29, 0.717) is 17.5 Å². The Morgan fingerprint density at radius 1 is 1.40 bits per heavy atom. The number of phenolic OH excluding ortho intramolecular Hbond substituents is 1. The number of fused-ring (bicyclic) bond motifs is 1. The standard InChI is InChI=1S/C15H19N3O2/c1-9-3-4-12(19)15-11(7-10(2)14(9)15)16-6-5-13-17-8-20-18-13/h3-4,8,10-11,16,19H,5-7H2,1-2H3. The van der Waals surface area contributed by atoms with Crippen molar-refractivity contribution in [2.45, 2.75) is 38.6 Å². The van der Waals surface area contributed by atoms with E-state index >= 15 is 0 Å². The van der Waals surface area contributed by atoms with Gasteiger partial charge in [-0.1, -0.05) is 18.1 Å². The van der Waals surface area contributed by atoms with Gasteiger partial charge in [-0.15, -0.1) is 0 Å². The fraction of sp³-hybridized carbons (Fsp3) is 0.467. The van der Waals surface area contributed by atoms with Crippen LogP contribution in [0, 0.1) is 6.92 Å². The highest BCUT2D eigenvalue weighted by molar-refractivity contribution is 5.50. The van der Waals surface area contributed by atoms with Crippen LogP contribution in [0.5, 0.6) is 5.75 Å². The Kier molecular flexibility index (Phi) is 3.44. The Hall–Kier alpha value is -1.88. The number of aromatic hydroxyl groups is 1. The van der Waals surface area contributed by atoms with Gasteiger partial charge in [0.15, 0.2) is 5.82 Å². The number of nitrogens with zero attached hydrogens (tertiary/aromatic N) is 2. The molecule has 1 aliphatic rings. The van der Waals surface area contributed by atoms with Crippen LogP contribution in [0.3, 0.4) is 0 Å². The van der Waals surface area contributed by atoms with Crippen molar-refractivity contribution >= 4 is 0 Å². The van der Waals surface area contributed by atoms with E-state index in [1.165, 1.54) is 17.5 Å². The largest absolute Gasteiger partial charge is 0.508 e. The molecule has 5 nitrogen and oxygen atoms in total. The molecule has 0 aliphatic heterocycles. The third kappa shape index (κ3) is 2.29. The number of aryl methyl sites for hydroxylation is 1. The van der Waals surface area contributed by atoms with Gasteiger partial charge in [0.1, 0.15) is 5.75 Å². The molecule has 1 aromatic heterocycles. The molecule has 0 radical (unpaired) electrons. The average molecular weight is 273 g/mol. The van der Waals surface area contributed by atoms with Crippen molar-refractivity contribution in [2.24, 2.45) is 0 Å². The van der Waals surface area contributed by atoms with Crippen LogP contribution >= 0.6 is 0 Å². The monoisotopic (exact) mass is 273 g/mol. The van der Waals surface area contributed by atoms with E-state index in [9.17, 15) is 5.11 Å². The minimum absolute atomic E-state index is 0.201. The Morgan fingerprint density at radius 2 is 2.25 bits per heavy atom. The maximum Gasteiger partial charge on any atom is 0.213 e. The van der Waals surface area contributed by atoms with Gasteiger partial charge in [0.25, 0.3) is 0 Å². The molecule has 1 aromatic carbocycles. The van der Waals surface area contributed by atoms with E-state index in [2.05, 4.69) is 29.3 Å². The van der Waals surface area contributed by atoms with Crippen LogP contribution in [0.15, 0.2) is 23.0 Å². The predicted molar refractivity (Wildman–Crippen MR) is 74.6 cm³/mol. The molecule has 2 atom stereocenters.